The topological polar surface area (TPSA) is 127 Å². The highest BCUT2D eigenvalue weighted by atomic mass is 17.2. The largest absolute Gasteiger partial charge is 0.684 e. The third-order valence-corrected chi connectivity index (χ3v) is 0.566. The first kappa shape index (κ1) is 10.8. The molecule has 0 saturated carbocycles. The summed E-state index contributed by atoms with van der Waals surface area (Å²) in [6.45, 7) is 0. The first-order valence-corrected chi connectivity index (χ1v) is 2.14. The Morgan fingerprint density at radius 2 is 0.909 bits per heavy atom. The molecule has 0 aromatic carbocycles. The Bertz CT molecular complexity index is 65.6. The van der Waals surface area contributed by atoms with Crippen LogP contribution in [-0.2, 0) is 23.8 Å². The number of hydrogen-bond acceptors (Lipinski definition) is 9. The van der Waals surface area contributed by atoms with Crippen molar-refractivity contribution < 1.29 is 44.8 Å². The molecule has 0 aliphatic rings. The van der Waals surface area contributed by atoms with Crippen LogP contribution in [0.1, 0.15) is 0 Å². The van der Waals surface area contributed by atoms with E-state index in [4.69, 9.17) is 21.0 Å². The maximum atomic E-state index is 7.78. The minimum atomic E-state index is -1.97. The van der Waals surface area contributed by atoms with Gasteiger partial charge in [-0.2, -0.15) is 0 Å². The molecule has 64 valence electrons. The Balaban J connectivity index is 3.58. The molecule has 0 spiro atoms. The lowest BCUT2D eigenvalue weighted by Crippen LogP contribution is -2.36. The van der Waals surface area contributed by atoms with Crippen LogP contribution in [0.2, 0.25) is 0 Å². The molecule has 0 aromatic rings. The lowest BCUT2D eigenvalue weighted by atomic mass is 10.1. The van der Waals surface area contributed by atoms with Gasteiger partial charge in [-0.05, 0) is 0 Å². The van der Waals surface area contributed by atoms with Gasteiger partial charge in [-0.15, -0.1) is 0 Å². The van der Waals surface area contributed by atoms with Crippen molar-refractivity contribution in [3.05, 3.63) is 0 Å². The summed E-state index contributed by atoms with van der Waals surface area (Å²) in [5.74, 6) is 0. The van der Waals surface area contributed by atoms with Gasteiger partial charge in [0, 0.05) is 0 Å². The highest BCUT2D eigenvalue weighted by Crippen LogP contribution is 1.93. The summed E-state index contributed by atoms with van der Waals surface area (Å²) in [6.07, 6.45) is 0. The van der Waals surface area contributed by atoms with Crippen molar-refractivity contribution in [1.82, 2.24) is 0 Å². The smallest absolute Gasteiger partial charge is 0.393 e. The van der Waals surface area contributed by atoms with Crippen molar-refractivity contribution >= 4 is 14.6 Å². The van der Waals surface area contributed by atoms with Crippen molar-refractivity contribution in [3.8, 4) is 0 Å². The molecule has 0 rings (SSSR count). The van der Waals surface area contributed by atoms with Crippen molar-refractivity contribution in [2.24, 2.45) is 0 Å². The predicted octanol–water partition coefficient (Wildman–Crippen LogP) is -1.07. The van der Waals surface area contributed by atoms with Gasteiger partial charge in [0.2, 0.25) is 0 Å². The Morgan fingerprint density at radius 1 is 0.636 bits per heavy atom. The average Bonchev–Trinajstić information content (AvgIpc) is 2.07. The van der Waals surface area contributed by atoms with Gasteiger partial charge in [0.1, 0.15) is 0 Å². The first-order chi connectivity index (χ1) is 5.28. The molecule has 0 aliphatic heterocycles. The van der Waals surface area contributed by atoms with Crippen LogP contribution in [0, 0.1) is 0 Å². The average molecular weight is 170 g/mol. The molecule has 0 aliphatic carbocycles. The highest BCUT2D eigenvalue weighted by Gasteiger charge is 2.34. The van der Waals surface area contributed by atoms with E-state index >= 15 is 0 Å². The lowest BCUT2D eigenvalue weighted by Gasteiger charge is -2.07. The molecule has 0 unspecified atom stereocenters. The van der Waals surface area contributed by atoms with E-state index in [1.165, 1.54) is 0 Å². The molecular weight excluding hydrogens is 166 g/mol. The van der Waals surface area contributed by atoms with Crippen LogP contribution in [-0.4, -0.2) is 35.7 Å². The van der Waals surface area contributed by atoms with E-state index in [-0.39, 0.29) is 0 Å². The Hall–Kier alpha value is -0.230. The summed E-state index contributed by atoms with van der Waals surface area (Å²) >= 11 is 0. The van der Waals surface area contributed by atoms with Gasteiger partial charge in [0.25, 0.3) is 0 Å². The quantitative estimate of drug-likeness (QED) is 0.223. The number of rotatable bonds is 6. The van der Waals surface area contributed by atoms with E-state index in [2.05, 4.69) is 23.8 Å². The molecule has 9 nitrogen and oxygen atoms in total. The van der Waals surface area contributed by atoms with Crippen LogP contribution in [0.5, 0.6) is 0 Å². The summed E-state index contributed by atoms with van der Waals surface area (Å²) in [5, 5.41) is 31.1. The molecule has 0 atom stereocenters. The molecule has 11 heavy (non-hydrogen) atoms. The van der Waals surface area contributed by atoms with Gasteiger partial charge in [0.15, 0.2) is 0 Å². The van der Waals surface area contributed by atoms with Crippen LogP contribution in [0.15, 0.2) is 0 Å². The minimum absolute atomic E-state index is 1.97. The molecule has 0 bridgehead atoms. The van der Waals surface area contributed by atoms with Gasteiger partial charge >= 0.3 is 14.6 Å². The van der Waals surface area contributed by atoms with E-state index in [1.807, 2.05) is 0 Å². The number of hydrogen-bond donors (Lipinski definition) is 4. The normalized spacial score (nSPS) is 9.82. The predicted molar refractivity (Wildman–Crippen MR) is 27.4 cm³/mol. The zero-order valence-electron chi connectivity index (χ0n) is 4.98. The van der Waals surface area contributed by atoms with Crippen LogP contribution < -0.4 is 0 Å². The summed E-state index contributed by atoms with van der Waals surface area (Å²) in [4.78, 5) is 13.0. The zero-order chi connectivity index (χ0) is 8.69. The van der Waals surface area contributed by atoms with E-state index in [9.17, 15) is 0 Å². The Kier molecular flexibility index (Phi) is 6.34. The van der Waals surface area contributed by atoms with Crippen LogP contribution >= 0.6 is 0 Å². The second-order valence-electron chi connectivity index (χ2n) is 1.14. The van der Waals surface area contributed by atoms with Gasteiger partial charge in [0.05, 0.1) is 0 Å². The zero-order valence-corrected chi connectivity index (χ0v) is 4.98. The van der Waals surface area contributed by atoms with Crippen molar-refractivity contribution in [3.63, 3.8) is 0 Å². The SMILES string of the molecule is OOB(OO)OB(OO)OO. The third kappa shape index (κ3) is 4.26. The molecule has 0 aromatic heterocycles. The van der Waals surface area contributed by atoms with Gasteiger partial charge in [-0.25, -0.2) is 19.2 Å². The monoisotopic (exact) mass is 170 g/mol. The standard InChI is InChI=1S/B2H4O9/c3-8-1(9-4)7-2(10-5)11-6/h3-6H. The van der Waals surface area contributed by atoms with Gasteiger partial charge in [-0.3, -0.25) is 21.0 Å². The summed E-state index contributed by atoms with van der Waals surface area (Å²) in [5.41, 5.74) is 0. The Labute approximate surface area is 60.7 Å². The summed E-state index contributed by atoms with van der Waals surface area (Å²) < 4.78 is 3.96. The highest BCUT2D eigenvalue weighted by molar-refractivity contribution is 6.51. The maximum Gasteiger partial charge on any atom is 0.684 e. The van der Waals surface area contributed by atoms with E-state index in [1.54, 1.807) is 0 Å². The fourth-order valence-electron chi connectivity index (χ4n) is 0.229. The second kappa shape index (κ2) is 6.48. The van der Waals surface area contributed by atoms with Crippen LogP contribution in [0.4, 0.5) is 0 Å². The summed E-state index contributed by atoms with van der Waals surface area (Å²) in [6, 6.07) is 0. The molecule has 0 saturated heterocycles. The maximum absolute atomic E-state index is 7.78. The fourth-order valence-corrected chi connectivity index (χ4v) is 0.229. The van der Waals surface area contributed by atoms with Gasteiger partial charge < -0.3 is 4.57 Å². The molecule has 0 heterocycles. The van der Waals surface area contributed by atoms with Crippen LogP contribution in [0.25, 0.3) is 0 Å². The van der Waals surface area contributed by atoms with Crippen molar-refractivity contribution in [2.75, 3.05) is 0 Å². The van der Waals surface area contributed by atoms with E-state index in [0.717, 1.165) is 0 Å². The Morgan fingerprint density at radius 3 is 1.09 bits per heavy atom. The second-order valence-corrected chi connectivity index (χ2v) is 1.14. The van der Waals surface area contributed by atoms with Crippen LogP contribution in [0.3, 0.4) is 0 Å². The minimum Gasteiger partial charge on any atom is -0.393 e. The third-order valence-electron chi connectivity index (χ3n) is 0.566. The molecule has 0 fully saturated rings. The van der Waals surface area contributed by atoms with Gasteiger partial charge in [-0.1, -0.05) is 0 Å². The molecule has 0 amide bonds. The molecule has 0 radical (unpaired) electrons. The van der Waals surface area contributed by atoms with E-state index < -0.39 is 14.6 Å². The molecule has 4 N–H and O–H groups in total. The molecule has 11 heteroatoms. The van der Waals surface area contributed by atoms with E-state index in [0.29, 0.717) is 0 Å². The van der Waals surface area contributed by atoms with Crippen molar-refractivity contribution in [1.29, 1.82) is 0 Å². The lowest BCUT2D eigenvalue weighted by molar-refractivity contribution is -0.269. The van der Waals surface area contributed by atoms with Crippen molar-refractivity contribution in [2.45, 2.75) is 0 Å². The molecular formula is H4B2O9. The summed E-state index contributed by atoms with van der Waals surface area (Å²) in [7, 11) is -3.95. The fraction of sp³-hybridized carbons (Fsp3) is 0. The first-order valence-electron chi connectivity index (χ1n) is 2.14.